The van der Waals surface area contributed by atoms with Gasteiger partial charge in [-0.3, -0.25) is 24.5 Å². The normalized spacial score (nSPS) is 16.1. The topological polar surface area (TPSA) is 84.5 Å². The molecule has 0 bridgehead atoms. The maximum atomic E-state index is 13.9. The molecule has 1 fully saturated rings. The van der Waals surface area contributed by atoms with E-state index in [-0.39, 0.29) is 29.4 Å². The summed E-state index contributed by atoms with van der Waals surface area (Å²) in [5.41, 5.74) is 0.822. The molecule has 2 heterocycles. The second kappa shape index (κ2) is 8.24. The third kappa shape index (κ3) is 4.12. The van der Waals surface area contributed by atoms with E-state index in [1.54, 1.807) is 31.7 Å². The van der Waals surface area contributed by atoms with Gasteiger partial charge in [-0.15, -0.1) is 0 Å². The Morgan fingerprint density at radius 2 is 1.90 bits per heavy atom. The summed E-state index contributed by atoms with van der Waals surface area (Å²) in [4.78, 5) is 27.2. The van der Waals surface area contributed by atoms with Crippen molar-refractivity contribution in [2.45, 2.75) is 33.4 Å². The molecule has 8 nitrogen and oxygen atoms in total. The second-order valence-corrected chi connectivity index (χ2v) is 7.21. The van der Waals surface area contributed by atoms with Gasteiger partial charge in [0.1, 0.15) is 17.4 Å². The van der Waals surface area contributed by atoms with Crippen molar-refractivity contribution in [3.63, 3.8) is 0 Å². The lowest BCUT2D eigenvalue weighted by atomic mass is 10.1. The van der Waals surface area contributed by atoms with Crippen molar-refractivity contribution in [3.8, 4) is 0 Å². The average Bonchev–Trinajstić information content (AvgIpc) is 2.99. The van der Waals surface area contributed by atoms with Crippen LogP contribution in [0.3, 0.4) is 0 Å². The zero-order valence-corrected chi connectivity index (χ0v) is 16.6. The minimum Gasteiger partial charge on any atom is -0.338 e. The number of rotatable bonds is 5. The first kappa shape index (κ1) is 20.8. The molecule has 1 aromatic carbocycles. The smallest absolute Gasteiger partial charge is 0.312 e. The summed E-state index contributed by atoms with van der Waals surface area (Å²) in [6, 6.07) is 3.44. The molecule has 1 unspecified atom stereocenters. The van der Waals surface area contributed by atoms with Crippen molar-refractivity contribution in [2.75, 3.05) is 26.2 Å². The second-order valence-electron chi connectivity index (χ2n) is 7.21. The summed E-state index contributed by atoms with van der Waals surface area (Å²) in [6.45, 7) is 6.96. The van der Waals surface area contributed by atoms with E-state index in [9.17, 15) is 23.7 Å². The molecule has 1 aliphatic rings. The average molecular weight is 407 g/mol. The van der Waals surface area contributed by atoms with Crippen LogP contribution in [-0.4, -0.2) is 56.6 Å². The minimum absolute atomic E-state index is 0.0772. The monoisotopic (exact) mass is 407 g/mol. The Bertz CT molecular complexity index is 938. The maximum absolute atomic E-state index is 13.9. The number of piperazine rings is 1. The summed E-state index contributed by atoms with van der Waals surface area (Å²) in [7, 11) is 0. The number of carbonyl (C=O) groups excluding carboxylic acids is 1. The maximum Gasteiger partial charge on any atom is 0.312 e. The van der Waals surface area contributed by atoms with Gasteiger partial charge >= 0.3 is 5.69 Å². The van der Waals surface area contributed by atoms with Crippen LogP contribution in [0.2, 0.25) is 0 Å². The van der Waals surface area contributed by atoms with Crippen molar-refractivity contribution < 1.29 is 18.5 Å². The highest BCUT2D eigenvalue weighted by molar-refractivity contribution is 5.80. The highest BCUT2D eigenvalue weighted by Gasteiger charge is 2.31. The number of benzene rings is 1. The lowest BCUT2D eigenvalue weighted by molar-refractivity contribution is -0.386. The summed E-state index contributed by atoms with van der Waals surface area (Å²) < 4.78 is 28.6. The number of amides is 1. The quantitative estimate of drug-likeness (QED) is 0.562. The van der Waals surface area contributed by atoms with Gasteiger partial charge < -0.3 is 4.90 Å². The number of aryl methyl sites for hydroxylation is 1. The van der Waals surface area contributed by atoms with E-state index in [2.05, 4.69) is 5.10 Å². The number of hydrogen-bond acceptors (Lipinski definition) is 5. The molecule has 156 valence electrons. The zero-order chi connectivity index (χ0) is 21.3. The van der Waals surface area contributed by atoms with Crippen molar-refractivity contribution in [1.82, 2.24) is 19.6 Å². The van der Waals surface area contributed by atoms with Crippen LogP contribution in [0, 0.1) is 35.6 Å². The highest BCUT2D eigenvalue weighted by atomic mass is 19.2. The molecule has 2 aromatic rings. The molecule has 0 spiro atoms. The number of hydrogen-bond donors (Lipinski definition) is 0. The molecular weight excluding hydrogens is 384 g/mol. The first-order valence-electron chi connectivity index (χ1n) is 9.34. The van der Waals surface area contributed by atoms with Crippen LogP contribution >= 0.6 is 0 Å². The van der Waals surface area contributed by atoms with E-state index >= 15 is 0 Å². The highest BCUT2D eigenvalue weighted by Crippen LogP contribution is 2.25. The largest absolute Gasteiger partial charge is 0.338 e. The Balaban J connectivity index is 1.63. The minimum atomic E-state index is -0.871. The SMILES string of the molecule is Cc1nn(C(C)C(=O)N2CCN(Cc3cccc(F)c3F)CC2)c(C)c1[N+](=O)[O-]. The Labute approximate surface area is 166 Å². The van der Waals surface area contributed by atoms with Gasteiger partial charge in [-0.2, -0.15) is 5.10 Å². The number of halogens is 2. The molecule has 1 atom stereocenters. The van der Waals surface area contributed by atoms with E-state index in [0.29, 0.717) is 31.9 Å². The van der Waals surface area contributed by atoms with Gasteiger partial charge in [0.25, 0.3) is 0 Å². The predicted octanol–water partition coefficient (Wildman–Crippen LogP) is 2.59. The van der Waals surface area contributed by atoms with Crippen molar-refractivity contribution >= 4 is 11.6 Å². The lowest BCUT2D eigenvalue weighted by Crippen LogP contribution is -2.50. The van der Waals surface area contributed by atoms with E-state index in [4.69, 9.17) is 0 Å². The van der Waals surface area contributed by atoms with E-state index in [1.165, 1.54) is 10.7 Å². The van der Waals surface area contributed by atoms with Crippen LogP contribution in [0.4, 0.5) is 14.5 Å². The fraction of sp³-hybridized carbons (Fsp3) is 0.474. The van der Waals surface area contributed by atoms with Crippen LogP contribution in [0.25, 0.3) is 0 Å². The molecule has 0 N–H and O–H groups in total. The standard InChI is InChI=1S/C19H23F2N5O3/c1-12-18(26(28)29)13(2)25(22-12)14(3)19(27)24-9-7-23(8-10-24)11-15-5-4-6-16(20)17(15)21/h4-6,14H,7-11H2,1-3H3. The van der Waals surface area contributed by atoms with Gasteiger partial charge in [0.2, 0.25) is 5.91 Å². The number of aromatic nitrogens is 2. The fourth-order valence-corrected chi connectivity index (χ4v) is 3.70. The third-order valence-electron chi connectivity index (χ3n) is 5.30. The van der Waals surface area contributed by atoms with Crippen LogP contribution in [-0.2, 0) is 11.3 Å². The fourth-order valence-electron chi connectivity index (χ4n) is 3.70. The predicted molar refractivity (Wildman–Crippen MR) is 101 cm³/mol. The summed E-state index contributed by atoms with van der Waals surface area (Å²) >= 11 is 0. The number of carbonyl (C=O) groups is 1. The molecular formula is C19H23F2N5O3. The molecule has 1 saturated heterocycles. The van der Waals surface area contributed by atoms with Gasteiger partial charge in [-0.05, 0) is 26.8 Å². The van der Waals surface area contributed by atoms with E-state index in [0.717, 1.165) is 6.07 Å². The Morgan fingerprint density at radius 1 is 1.24 bits per heavy atom. The van der Waals surface area contributed by atoms with Gasteiger partial charge in [-0.25, -0.2) is 8.78 Å². The number of nitrogens with zero attached hydrogens (tertiary/aromatic N) is 5. The summed E-state index contributed by atoms with van der Waals surface area (Å²) in [5, 5.41) is 15.4. The summed E-state index contributed by atoms with van der Waals surface area (Å²) in [6.07, 6.45) is 0. The van der Waals surface area contributed by atoms with Gasteiger partial charge in [0, 0.05) is 38.3 Å². The number of nitro groups is 1. The van der Waals surface area contributed by atoms with Crippen molar-refractivity contribution in [3.05, 3.63) is 56.9 Å². The lowest BCUT2D eigenvalue weighted by Gasteiger charge is -2.36. The first-order chi connectivity index (χ1) is 13.7. The molecule has 1 aliphatic heterocycles. The molecule has 0 radical (unpaired) electrons. The first-order valence-corrected chi connectivity index (χ1v) is 9.34. The molecule has 0 aliphatic carbocycles. The van der Waals surface area contributed by atoms with Gasteiger partial charge in [0.15, 0.2) is 11.6 Å². The van der Waals surface area contributed by atoms with Crippen LogP contribution in [0.15, 0.2) is 18.2 Å². The Morgan fingerprint density at radius 3 is 2.48 bits per heavy atom. The third-order valence-corrected chi connectivity index (χ3v) is 5.30. The van der Waals surface area contributed by atoms with Crippen molar-refractivity contribution in [2.24, 2.45) is 0 Å². The van der Waals surface area contributed by atoms with Crippen LogP contribution in [0.1, 0.15) is 29.9 Å². The molecule has 10 heteroatoms. The zero-order valence-electron chi connectivity index (χ0n) is 16.6. The van der Waals surface area contributed by atoms with Gasteiger partial charge in [-0.1, -0.05) is 12.1 Å². The summed E-state index contributed by atoms with van der Waals surface area (Å²) in [5.74, 6) is -1.89. The van der Waals surface area contributed by atoms with Crippen LogP contribution in [0.5, 0.6) is 0 Å². The van der Waals surface area contributed by atoms with Gasteiger partial charge in [0.05, 0.1) is 4.92 Å². The molecule has 0 saturated carbocycles. The van der Waals surface area contributed by atoms with E-state index < -0.39 is 22.6 Å². The van der Waals surface area contributed by atoms with Crippen LogP contribution < -0.4 is 0 Å². The molecule has 29 heavy (non-hydrogen) atoms. The van der Waals surface area contributed by atoms with E-state index in [1.807, 2.05) is 4.90 Å². The molecule has 1 aromatic heterocycles. The molecule has 1 amide bonds. The Hall–Kier alpha value is -2.88. The van der Waals surface area contributed by atoms with Crippen molar-refractivity contribution in [1.29, 1.82) is 0 Å². The Kier molecular flexibility index (Phi) is 5.92. The molecule has 3 rings (SSSR count).